The van der Waals surface area contributed by atoms with Crippen LogP contribution in [0.4, 0.5) is 0 Å². The number of hydrogen-bond donors (Lipinski definition) is 0. The molecule has 0 aliphatic carbocycles. The van der Waals surface area contributed by atoms with Crippen LogP contribution in [-0.4, -0.2) is 76.4 Å². The van der Waals surface area contributed by atoms with Crippen LogP contribution in [0.25, 0.3) is 0 Å². The zero-order valence-corrected chi connectivity index (χ0v) is 21.9. The predicted molar refractivity (Wildman–Crippen MR) is 114 cm³/mol. The lowest BCUT2D eigenvalue weighted by Crippen LogP contribution is -2.49. The van der Waals surface area contributed by atoms with Crippen molar-refractivity contribution in [3.05, 3.63) is 0 Å². The predicted octanol–water partition coefficient (Wildman–Crippen LogP) is 2.32. The Kier molecular flexibility index (Phi) is 10.8. The van der Waals surface area contributed by atoms with Crippen LogP contribution in [-0.2, 0) is 26.6 Å². The van der Waals surface area contributed by atoms with Crippen molar-refractivity contribution in [3.63, 3.8) is 0 Å². The molecule has 26 heavy (non-hydrogen) atoms. The summed E-state index contributed by atoms with van der Waals surface area (Å²) in [5.41, 5.74) is 8.15. The molecule has 0 heterocycles. The third kappa shape index (κ3) is 8.18. The standard InChI is InChI=1S/C16H34O6Si4/c1-17-25(18-2,19-3)15-23(7,8)13-11-12-14-24(9,10)16-26(20-4,21-5)22-6/h15-16H2,1-10H3. The fourth-order valence-electron chi connectivity index (χ4n) is 2.50. The van der Waals surface area contributed by atoms with E-state index in [0.717, 1.165) is 11.3 Å². The molecular weight excluding hydrogens is 401 g/mol. The Hall–Kier alpha value is -0.252. The average Bonchev–Trinajstić information content (AvgIpc) is 2.61. The van der Waals surface area contributed by atoms with Crippen molar-refractivity contribution in [2.75, 3.05) is 42.7 Å². The van der Waals surface area contributed by atoms with Gasteiger partial charge in [-0.1, -0.05) is 26.2 Å². The average molecular weight is 435 g/mol. The molecular formula is C16H34O6Si4. The van der Waals surface area contributed by atoms with Gasteiger partial charge in [-0.05, 0) is 11.8 Å². The summed E-state index contributed by atoms with van der Waals surface area (Å²) in [7, 11) is 0.740. The molecule has 0 fully saturated rings. The summed E-state index contributed by atoms with van der Waals surface area (Å²) in [4.78, 5) is 0. The fourth-order valence-corrected chi connectivity index (χ4v) is 17.1. The Morgan fingerprint density at radius 2 is 0.731 bits per heavy atom. The minimum Gasteiger partial charge on any atom is -0.377 e. The molecule has 0 radical (unpaired) electrons. The van der Waals surface area contributed by atoms with Gasteiger partial charge in [0.1, 0.15) is 16.1 Å². The van der Waals surface area contributed by atoms with Crippen molar-refractivity contribution >= 4 is 33.8 Å². The first-order chi connectivity index (χ1) is 12.0. The van der Waals surface area contributed by atoms with Crippen molar-refractivity contribution < 1.29 is 26.6 Å². The van der Waals surface area contributed by atoms with E-state index < -0.39 is 33.8 Å². The molecule has 10 heteroatoms. The third-order valence-corrected chi connectivity index (χ3v) is 19.9. The first-order valence-electron chi connectivity index (χ1n) is 8.34. The zero-order valence-electron chi connectivity index (χ0n) is 17.9. The minimum absolute atomic E-state index is 0.728. The van der Waals surface area contributed by atoms with Crippen LogP contribution in [0.3, 0.4) is 0 Å². The Morgan fingerprint density at radius 3 is 0.923 bits per heavy atom. The minimum atomic E-state index is -2.62. The lowest BCUT2D eigenvalue weighted by atomic mass is 10.7. The number of hydrogen-bond acceptors (Lipinski definition) is 6. The topological polar surface area (TPSA) is 55.4 Å². The molecule has 6 nitrogen and oxygen atoms in total. The van der Waals surface area contributed by atoms with Crippen LogP contribution in [0.1, 0.15) is 0 Å². The fraction of sp³-hybridized carbons (Fsp3) is 0.750. The summed E-state index contributed by atoms with van der Waals surface area (Å²) in [5.74, 6) is 6.10. The third-order valence-electron chi connectivity index (χ3n) is 4.05. The lowest BCUT2D eigenvalue weighted by Gasteiger charge is -2.29. The van der Waals surface area contributed by atoms with Crippen LogP contribution < -0.4 is 0 Å². The quantitative estimate of drug-likeness (QED) is 0.388. The van der Waals surface area contributed by atoms with Crippen molar-refractivity contribution in [3.8, 4) is 22.9 Å². The summed E-state index contributed by atoms with van der Waals surface area (Å²) in [6, 6.07) is 0. The maximum atomic E-state index is 5.52. The number of rotatable bonds is 10. The SMILES string of the molecule is CO[Si](C[Si](C)(C)C#CC#C[Si](C)(C)C[Si](OC)(OC)OC)(OC)OC. The first-order valence-corrected chi connectivity index (χ1v) is 18.6. The van der Waals surface area contributed by atoms with Gasteiger partial charge in [0.05, 0.1) is 0 Å². The van der Waals surface area contributed by atoms with E-state index in [4.69, 9.17) is 26.6 Å². The Balaban J connectivity index is 5.21. The highest BCUT2D eigenvalue weighted by Crippen LogP contribution is 2.22. The van der Waals surface area contributed by atoms with Crippen molar-refractivity contribution in [2.24, 2.45) is 0 Å². The van der Waals surface area contributed by atoms with Crippen LogP contribution in [0.15, 0.2) is 0 Å². The molecule has 0 saturated heterocycles. The largest absolute Gasteiger partial charge is 0.498 e. The Bertz CT molecular complexity index is 484. The highest BCUT2D eigenvalue weighted by Gasteiger charge is 2.45. The van der Waals surface area contributed by atoms with Gasteiger partial charge in [0.2, 0.25) is 0 Å². The summed E-state index contributed by atoms with van der Waals surface area (Å²) in [6.07, 6.45) is 0. The highest BCUT2D eigenvalue weighted by molar-refractivity contribution is 6.95. The Morgan fingerprint density at radius 1 is 0.500 bits per heavy atom. The van der Waals surface area contributed by atoms with E-state index in [2.05, 4.69) is 49.1 Å². The highest BCUT2D eigenvalue weighted by atomic mass is 28.4. The molecule has 0 spiro atoms. The molecule has 0 atom stereocenters. The molecule has 0 unspecified atom stereocenters. The van der Waals surface area contributed by atoms with Crippen LogP contribution >= 0.6 is 0 Å². The van der Waals surface area contributed by atoms with E-state index in [0.29, 0.717) is 0 Å². The molecule has 0 rings (SSSR count). The van der Waals surface area contributed by atoms with Crippen LogP contribution in [0.5, 0.6) is 0 Å². The molecule has 0 aromatic heterocycles. The zero-order chi connectivity index (χ0) is 20.5. The van der Waals surface area contributed by atoms with E-state index in [1.54, 1.807) is 42.7 Å². The lowest BCUT2D eigenvalue weighted by molar-refractivity contribution is 0.128. The van der Waals surface area contributed by atoms with Gasteiger partial charge in [0, 0.05) is 54.0 Å². The van der Waals surface area contributed by atoms with Gasteiger partial charge in [-0.25, -0.2) is 0 Å². The van der Waals surface area contributed by atoms with Crippen LogP contribution in [0, 0.1) is 22.9 Å². The maximum Gasteiger partial charge on any atom is 0.498 e. The summed E-state index contributed by atoms with van der Waals surface area (Å²) in [6.45, 7) is 8.67. The van der Waals surface area contributed by atoms with Crippen LogP contribution in [0.2, 0.25) is 37.5 Å². The second-order valence-corrected chi connectivity index (χ2v) is 23.3. The molecule has 0 aromatic rings. The van der Waals surface area contributed by atoms with Crippen molar-refractivity contribution in [1.29, 1.82) is 0 Å². The normalized spacial score (nSPS) is 12.8. The van der Waals surface area contributed by atoms with Gasteiger partial charge < -0.3 is 26.6 Å². The van der Waals surface area contributed by atoms with Crippen molar-refractivity contribution in [2.45, 2.75) is 37.5 Å². The second-order valence-electron chi connectivity index (χ2n) is 7.21. The Labute approximate surface area is 163 Å². The smallest absolute Gasteiger partial charge is 0.377 e. The molecule has 0 N–H and O–H groups in total. The van der Waals surface area contributed by atoms with Gasteiger partial charge >= 0.3 is 17.6 Å². The molecule has 0 bridgehead atoms. The monoisotopic (exact) mass is 434 g/mol. The molecule has 0 amide bonds. The van der Waals surface area contributed by atoms with Gasteiger partial charge in [-0.15, -0.1) is 11.1 Å². The van der Waals surface area contributed by atoms with E-state index >= 15 is 0 Å². The molecule has 0 aliphatic heterocycles. The second kappa shape index (κ2) is 10.9. The van der Waals surface area contributed by atoms with Gasteiger partial charge in [0.15, 0.2) is 0 Å². The van der Waals surface area contributed by atoms with Gasteiger partial charge in [-0.3, -0.25) is 0 Å². The summed E-state index contributed by atoms with van der Waals surface area (Å²) in [5, 5.41) is 0. The molecule has 0 aromatic carbocycles. The van der Waals surface area contributed by atoms with Gasteiger partial charge in [-0.2, -0.15) is 0 Å². The van der Waals surface area contributed by atoms with E-state index in [9.17, 15) is 0 Å². The molecule has 0 saturated carbocycles. The first kappa shape index (κ1) is 25.7. The van der Waals surface area contributed by atoms with E-state index in [1.807, 2.05) is 0 Å². The summed E-state index contributed by atoms with van der Waals surface area (Å²) >= 11 is 0. The molecule has 150 valence electrons. The van der Waals surface area contributed by atoms with E-state index in [-0.39, 0.29) is 0 Å². The maximum absolute atomic E-state index is 5.52. The van der Waals surface area contributed by atoms with E-state index in [1.165, 1.54) is 0 Å². The van der Waals surface area contributed by atoms with Gasteiger partial charge in [0.25, 0.3) is 0 Å². The van der Waals surface area contributed by atoms with Crippen molar-refractivity contribution in [1.82, 2.24) is 0 Å². The molecule has 0 aliphatic rings. The summed E-state index contributed by atoms with van der Waals surface area (Å²) < 4.78 is 33.1.